The predicted octanol–water partition coefficient (Wildman–Crippen LogP) is 5.67. The van der Waals surface area contributed by atoms with Crippen molar-refractivity contribution < 1.29 is 4.74 Å². The number of fused-ring (bicyclic) bond motifs is 1. The molecule has 1 aromatic heterocycles. The quantitative estimate of drug-likeness (QED) is 0.499. The number of nitrogens with zero attached hydrogens (tertiary/aromatic N) is 2. The molecule has 0 atom stereocenters. The van der Waals surface area contributed by atoms with Crippen molar-refractivity contribution in [1.29, 1.82) is 0 Å². The molecule has 0 bridgehead atoms. The van der Waals surface area contributed by atoms with E-state index < -0.39 is 0 Å². The van der Waals surface area contributed by atoms with Crippen molar-refractivity contribution >= 4 is 28.5 Å². The van der Waals surface area contributed by atoms with Gasteiger partial charge in [-0.25, -0.2) is 9.97 Å². The van der Waals surface area contributed by atoms with Crippen LogP contribution in [0.5, 0.6) is 5.75 Å². The van der Waals surface area contributed by atoms with E-state index in [1.54, 1.807) is 14.2 Å². The lowest BCUT2D eigenvalue weighted by Gasteiger charge is -2.16. The second-order valence-corrected chi connectivity index (χ2v) is 6.52. The topological polar surface area (TPSA) is 47.0 Å². The van der Waals surface area contributed by atoms with Gasteiger partial charge < -0.3 is 10.1 Å². The van der Waals surface area contributed by atoms with Crippen molar-refractivity contribution in [3.8, 4) is 28.0 Å². The molecule has 27 heavy (non-hydrogen) atoms. The lowest BCUT2D eigenvalue weighted by Crippen LogP contribution is -2.00. The Hall–Kier alpha value is -3.11. The number of methoxy groups -OCH3 is 1. The molecule has 0 aliphatic rings. The van der Waals surface area contributed by atoms with Crippen LogP contribution < -0.4 is 10.1 Å². The molecule has 0 aliphatic heterocycles. The van der Waals surface area contributed by atoms with Gasteiger partial charge in [-0.05, 0) is 34.9 Å². The summed E-state index contributed by atoms with van der Waals surface area (Å²) in [5.41, 5.74) is 4.81. The van der Waals surface area contributed by atoms with Crippen LogP contribution in [-0.2, 0) is 0 Å². The minimum atomic E-state index is 0.544. The lowest BCUT2D eigenvalue weighted by atomic mass is 9.94. The van der Waals surface area contributed by atoms with Gasteiger partial charge in [0.05, 0.1) is 7.11 Å². The van der Waals surface area contributed by atoms with Crippen LogP contribution in [0.4, 0.5) is 5.95 Å². The standard InChI is InChI=1S/C22H18ClN3O/c1-24-22-25-13-19-17(15-9-6-10-16(23)11-15)12-18(14-7-4-3-5-8-14)21(27-2)20(19)26-22/h3-13H,1-2H3,(H,24,25,26). The molecule has 0 saturated heterocycles. The number of benzene rings is 3. The first kappa shape index (κ1) is 17.3. The largest absolute Gasteiger partial charge is 0.494 e. The molecular formula is C22H18ClN3O. The van der Waals surface area contributed by atoms with E-state index in [1.807, 2.05) is 48.7 Å². The highest BCUT2D eigenvalue weighted by Crippen LogP contribution is 2.41. The summed E-state index contributed by atoms with van der Waals surface area (Å²) in [7, 11) is 3.47. The fraction of sp³-hybridized carbons (Fsp3) is 0.0909. The number of aromatic nitrogens is 2. The number of rotatable bonds is 4. The van der Waals surface area contributed by atoms with E-state index in [0.29, 0.717) is 11.0 Å². The van der Waals surface area contributed by atoms with E-state index in [9.17, 15) is 0 Å². The van der Waals surface area contributed by atoms with Crippen molar-refractivity contribution in [2.24, 2.45) is 0 Å². The van der Waals surface area contributed by atoms with Gasteiger partial charge in [-0.15, -0.1) is 0 Å². The summed E-state index contributed by atoms with van der Waals surface area (Å²) in [5, 5.41) is 4.59. The van der Waals surface area contributed by atoms with E-state index >= 15 is 0 Å². The summed E-state index contributed by atoms with van der Waals surface area (Å²) in [6, 6.07) is 20.0. The molecule has 134 valence electrons. The first-order chi connectivity index (χ1) is 13.2. The van der Waals surface area contributed by atoms with Gasteiger partial charge in [0.15, 0.2) is 5.75 Å². The van der Waals surface area contributed by atoms with Crippen molar-refractivity contribution in [3.63, 3.8) is 0 Å². The zero-order chi connectivity index (χ0) is 18.8. The van der Waals surface area contributed by atoms with E-state index in [4.69, 9.17) is 16.3 Å². The molecule has 0 fully saturated rings. The Morgan fingerprint density at radius 2 is 1.70 bits per heavy atom. The number of hydrogen-bond acceptors (Lipinski definition) is 4. The van der Waals surface area contributed by atoms with E-state index in [1.165, 1.54) is 0 Å². The van der Waals surface area contributed by atoms with Crippen LogP contribution in [0.2, 0.25) is 5.02 Å². The molecule has 4 aromatic rings. The van der Waals surface area contributed by atoms with Gasteiger partial charge in [0.25, 0.3) is 0 Å². The Labute approximate surface area is 162 Å². The molecule has 3 aromatic carbocycles. The van der Waals surface area contributed by atoms with Crippen LogP contribution in [0, 0.1) is 0 Å². The number of anilines is 1. The van der Waals surface area contributed by atoms with Crippen molar-refractivity contribution in [1.82, 2.24) is 9.97 Å². The van der Waals surface area contributed by atoms with Crippen molar-refractivity contribution in [3.05, 3.63) is 71.9 Å². The van der Waals surface area contributed by atoms with Crippen LogP contribution in [0.3, 0.4) is 0 Å². The van der Waals surface area contributed by atoms with Crippen LogP contribution >= 0.6 is 11.6 Å². The van der Waals surface area contributed by atoms with Crippen LogP contribution in [0.1, 0.15) is 0 Å². The fourth-order valence-corrected chi connectivity index (χ4v) is 3.41. The molecular weight excluding hydrogens is 358 g/mol. The summed E-state index contributed by atoms with van der Waals surface area (Å²) < 4.78 is 5.78. The van der Waals surface area contributed by atoms with Crippen molar-refractivity contribution in [2.45, 2.75) is 0 Å². The maximum Gasteiger partial charge on any atom is 0.223 e. The molecule has 0 saturated carbocycles. The van der Waals surface area contributed by atoms with Gasteiger partial charge in [0.2, 0.25) is 5.95 Å². The third-order valence-corrected chi connectivity index (χ3v) is 4.71. The van der Waals surface area contributed by atoms with Gasteiger partial charge in [0.1, 0.15) is 5.52 Å². The monoisotopic (exact) mass is 375 g/mol. The van der Waals surface area contributed by atoms with E-state index in [-0.39, 0.29) is 0 Å². The van der Waals surface area contributed by atoms with Crippen LogP contribution in [0.25, 0.3) is 33.2 Å². The summed E-state index contributed by atoms with van der Waals surface area (Å²) in [4.78, 5) is 9.08. The summed E-state index contributed by atoms with van der Waals surface area (Å²) >= 11 is 6.24. The number of ether oxygens (including phenoxy) is 1. The fourth-order valence-electron chi connectivity index (χ4n) is 3.22. The third-order valence-electron chi connectivity index (χ3n) is 4.48. The van der Waals surface area contributed by atoms with E-state index in [0.717, 1.165) is 38.9 Å². The maximum absolute atomic E-state index is 6.24. The highest BCUT2D eigenvalue weighted by atomic mass is 35.5. The van der Waals surface area contributed by atoms with Gasteiger partial charge in [-0.1, -0.05) is 54.1 Å². The van der Waals surface area contributed by atoms with Gasteiger partial charge in [-0.3, -0.25) is 0 Å². The minimum Gasteiger partial charge on any atom is -0.494 e. The summed E-state index contributed by atoms with van der Waals surface area (Å²) in [6.07, 6.45) is 1.82. The zero-order valence-electron chi connectivity index (χ0n) is 15.0. The smallest absolute Gasteiger partial charge is 0.223 e. The minimum absolute atomic E-state index is 0.544. The van der Waals surface area contributed by atoms with Crippen LogP contribution in [-0.4, -0.2) is 24.1 Å². The maximum atomic E-state index is 6.24. The molecule has 0 unspecified atom stereocenters. The van der Waals surface area contributed by atoms with Gasteiger partial charge >= 0.3 is 0 Å². The van der Waals surface area contributed by atoms with Gasteiger partial charge in [-0.2, -0.15) is 0 Å². The molecule has 4 nitrogen and oxygen atoms in total. The molecule has 0 aliphatic carbocycles. The molecule has 0 amide bonds. The molecule has 4 rings (SSSR count). The highest BCUT2D eigenvalue weighted by molar-refractivity contribution is 6.31. The molecule has 0 spiro atoms. The third kappa shape index (κ3) is 3.20. The van der Waals surface area contributed by atoms with E-state index in [2.05, 4.69) is 33.5 Å². The number of halogens is 1. The predicted molar refractivity (Wildman–Crippen MR) is 112 cm³/mol. The Kier molecular flexibility index (Phi) is 4.65. The summed E-state index contributed by atoms with van der Waals surface area (Å²) in [6.45, 7) is 0. The Bertz CT molecular complexity index is 1110. The van der Waals surface area contributed by atoms with Crippen molar-refractivity contribution in [2.75, 3.05) is 19.5 Å². The van der Waals surface area contributed by atoms with Crippen LogP contribution in [0.15, 0.2) is 66.9 Å². The normalized spacial score (nSPS) is 10.8. The number of nitrogens with one attached hydrogen (secondary N) is 1. The molecule has 5 heteroatoms. The average Bonchev–Trinajstić information content (AvgIpc) is 2.72. The molecule has 1 N–H and O–H groups in total. The second kappa shape index (κ2) is 7.25. The lowest BCUT2D eigenvalue weighted by molar-refractivity contribution is 0.420. The average molecular weight is 376 g/mol. The number of hydrogen-bond donors (Lipinski definition) is 1. The Morgan fingerprint density at radius 1 is 0.926 bits per heavy atom. The molecule has 1 heterocycles. The zero-order valence-corrected chi connectivity index (χ0v) is 15.8. The summed E-state index contributed by atoms with van der Waals surface area (Å²) in [5.74, 6) is 1.27. The molecule has 0 radical (unpaired) electrons. The second-order valence-electron chi connectivity index (χ2n) is 6.09. The van der Waals surface area contributed by atoms with Gasteiger partial charge in [0, 0.05) is 29.2 Å². The SMILES string of the molecule is CNc1ncc2c(-c3cccc(Cl)c3)cc(-c3ccccc3)c(OC)c2n1. The first-order valence-corrected chi connectivity index (χ1v) is 8.96. The highest BCUT2D eigenvalue weighted by Gasteiger charge is 2.17. The Balaban J connectivity index is 2.11. The first-order valence-electron chi connectivity index (χ1n) is 8.58. The Morgan fingerprint density at radius 3 is 2.41 bits per heavy atom.